The Hall–Kier alpha value is -1.99. The van der Waals surface area contributed by atoms with Crippen LogP contribution in [0.4, 0.5) is 5.82 Å². The number of nitrogens with zero attached hydrogens (tertiary/aromatic N) is 4. The Bertz CT molecular complexity index is 939. The van der Waals surface area contributed by atoms with E-state index in [9.17, 15) is 4.79 Å². The van der Waals surface area contributed by atoms with E-state index in [4.69, 9.17) is 17.3 Å². The van der Waals surface area contributed by atoms with Crippen LogP contribution in [0.2, 0.25) is 5.02 Å². The van der Waals surface area contributed by atoms with Crippen molar-refractivity contribution < 1.29 is 4.79 Å². The van der Waals surface area contributed by atoms with Crippen LogP contribution in [0.15, 0.2) is 54.9 Å². The number of rotatable bonds is 4. The predicted octanol–water partition coefficient (Wildman–Crippen LogP) is 3.05. The third-order valence-corrected chi connectivity index (χ3v) is 5.25. The van der Waals surface area contributed by atoms with Gasteiger partial charge in [-0.2, -0.15) is 0 Å². The zero-order valence-corrected chi connectivity index (χ0v) is 18.2. The van der Waals surface area contributed by atoms with Gasteiger partial charge in [0.1, 0.15) is 11.5 Å². The van der Waals surface area contributed by atoms with Gasteiger partial charge in [-0.25, -0.2) is 4.98 Å². The minimum absolute atomic E-state index is 0. The molecule has 29 heavy (non-hydrogen) atoms. The molecule has 0 spiro atoms. The first-order valence-electron chi connectivity index (χ1n) is 9.07. The highest BCUT2D eigenvalue weighted by atomic mass is 35.5. The second-order valence-corrected chi connectivity index (χ2v) is 7.23. The first-order chi connectivity index (χ1) is 13.1. The molecule has 0 aliphatic carbocycles. The van der Waals surface area contributed by atoms with Crippen molar-refractivity contribution in [1.82, 2.24) is 14.3 Å². The Balaban J connectivity index is 0.00000150. The smallest absolute Gasteiger partial charge is 0.239 e. The van der Waals surface area contributed by atoms with Gasteiger partial charge in [0.15, 0.2) is 0 Å². The molecule has 6 nitrogen and oxygen atoms in total. The minimum Gasteiger partial charge on any atom is -0.353 e. The number of pyridine rings is 1. The summed E-state index contributed by atoms with van der Waals surface area (Å²) >= 11 is 5.91. The molecule has 156 valence electrons. The number of hydrogen-bond acceptors (Lipinski definition) is 4. The number of aromatic nitrogens is 2. The van der Waals surface area contributed by atoms with Crippen molar-refractivity contribution in [3.8, 4) is 0 Å². The largest absolute Gasteiger partial charge is 0.353 e. The maximum atomic E-state index is 12.7. The van der Waals surface area contributed by atoms with Crippen LogP contribution in [-0.2, 0) is 11.2 Å². The van der Waals surface area contributed by atoms with Gasteiger partial charge in [-0.05, 0) is 36.2 Å². The monoisotopic (exact) mass is 455 g/mol. The number of carbonyl (C=O) groups excluding carboxylic acids is 1. The third kappa shape index (κ3) is 5.14. The molecule has 0 bridgehead atoms. The molecule has 1 aromatic carbocycles. The summed E-state index contributed by atoms with van der Waals surface area (Å²) in [4.78, 5) is 21.3. The quantitative estimate of drug-likeness (QED) is 0.655. The molecule has 1 amide bonds. The Morgan fingerprint density at radius 2 is 1.76 bits per heavy atom. The lowest BCUT2D eigenvalue weighted by Crippen LogP contribution is -2.53. The Morgan fingerprint density at radius 3 is 2.45 bits per heavy atom. The zero-order chi connectivity index (χ0) is 18.8. The van der Waals surface area contributed by atoms with Crippen molar-refractivity contribution >= 4 is 53.8 Å². The van der Waals surface area contributed by atoms with Crippen molar-refractivity contribution in [2.24, 2.45) is 5.73 Å². The van der Waals surface area contributed by atoms with Gasteiger partial charge in [0, 0.05) is 37.4 Å². The first-order valence-corrected chi connectivity index (χ1v) is 9.45. The standard InChI is InChI=1S/C20H22ClN5O.2ClH/c21-16-6-4-15(5-7-16)13-17(22)20(27)25-11-9-24(10-12-25)19-14-23-18-3-1-2-8-26(18)19;;/h1-8,14,17H,9-13,22H2;2*1H. The van der Waals surface area contributed by atoms with Crippen LogP contribution in [0.3, 0.4) is 0 Å². The van der Waals surface area contributed by atoms with E-state index in [0.717, 1.165) is 30.1 Å². The minimum atomic E-state index is -0.534. The van der Waals surface area contributed by atoms with Gasteiger partial charge in [0.05, 0.1) is 12.2 Å². The molecule has 2 N–H and O–H groups in total. The summed E-state index contributed by atoms with van der Waals surface area (Å²) in [5, 5.41) is 0.683. The number of fused-ring (bicyclic) bond motifs is 1. The maximum absolute atomic E-state index is 12.7. The van der Waals surface area contributed by atoms with Crippen LogP contribution < -0.4 is 10.6 Å². The molecule has 9 heteroatoms. The summed E-state index contributed by atoms with van der Waals surface area (Å²) in [6.07, 6.45) is 4.42. The van der Waals surface area contributed by atoms with Crippen molar-refractivity contribution in [2.75, 3.05) is 31.1 Å². The summed E-state index contributed by atoms with van der Waals surface area (Å²) in [5.41, 5.74) is 8.11. The molecule has 4 rings (SSSR count). The van der Waals surface area contributed by atoms with Crippen molar-refractivity contribution in [2.45, 2.75) is 12.5 Å². The number of anilines is 1. The fourth-order valence-electron chi connectivity index (χ4n) is 3.51. The molecule has 1 saturated heterocycles. The van der Waals surface area contributed by atoms with Gasteiger partial charge < -0.3 is 15.5 Å². The van der Waals surface area contributed by atoms with Crippen LogP contribution in [0.1, 0.15) is 5.56 Å². The zero-order valence-electron chi connectivity index (χ0n) is 15.8. The van der Waals surface area contributed by atoms with E-state index in [0.29, 0.717) is 24.5 Å². The summed E-state index contributed by atoms with van der Waals surface area (Å²) in [7, 11) is 0. The second kappa shape index (κ2) is 10.2. The summed E-state index contributed by atoms with van der Waals surface area (Å²) in [5.74, 6) is 1.06. The Kier molecular flexibility index (Phi) is 8.16. The number of hydrogen-bond donors (Lipinski definition) is 1. The number of benzene rings is 1. The molecule has 3 aromatic rings. The van der Waals surface area contributed by atoms with Gasteiger partial charge in [-0.1, -0.05) is 29.8 Å². The second-order valence-electron chi connectivity index (χ2n) is 6.79. The number of carbonyl (C=O) groups is 1. The van der Waals surface area contributed by atoms with Gasteiger partial charge >= 0.3 is 0 Å². The molecule has 1 fully saturated rings. The number of halogens is 3. The highest BCUT2D eigenvalue weighted by Crippen LogP contribution is 2.19. The molecule has 1 unspecified atom stereocenters. The Morgan fingerprint density at radius 1 is 1.07 bits per heavy atom. The molecular formula is C20H24Cl3N5O. The summed E-state index contributed by atoms with van der Waals surface area (Å²) in [6, 6.07) is 12.9. The lowest BCUT2D eigenvalue weighted by Gasteiger charge is -2.36. The van der Waals surface area contributed by atoms with E-state index >= 15 is 0 Å². The average Bonchev–Trinajstić information content (AvgIpc) is 3.13. The van der Waals surface area contributed by atoms with Crippen molar-refractivity contribution in [3.05, 3.63) is 65.4 Å². The molecule has 1 aliphatic rings. The van der Waals surface area contributed by atoms with E-state index < -0.39 is 6.04 Å². The van der Waals surface area contributed by atoms with E-state index in [1.165, 1.54) is 0 Å². The van der Waals surface area contributed by atoms with Gasteiger partial charge in [-0.3, -0.25) is 9.20 Å². The number of piperazine rings is 1. The fourth-order valence-corrected chi connectivity index (χ4v) is 3.63. The molecule has 2 aromatic heterocycles. The van der Waals surface area contributed by atoms with Crippen molar-refractivity contribution in [3.63, 3.8) is 0 Å². The van der Waals surface area contributed by atoms with E-state index in [1.807, 2.05) is 59.8 Å². The third-order valence-electron chi connectivity index (χ3n) is 5.00. The van der Waals surface area contributed by atoms with Crippen LogP contribution in [-0.4, -0.2) is 52.4 Å². The van der Waals surface area contributed by atoms with E-state index in [1.54, 1.807) is 0 Å². The number of amides is 1. The SMILES string of the molecule is Cl.Cl.NC(Cc1ccc(Cl)cc1)C(=O)N1CCN(c2cnc3ccccn23)CC1. The fraction of sp³-hybridized carbons (Fsp3) is 0.300. The molecule has 1 atom stereocenters. The van der Waals surface area contributed by atoms with Crippen molar-refractivity contribution in [1.29, 1.82) is 0 Å². The van der Waals surface area contributed by atoms with Gasteiger partial charge in [0.2, 0.25) is 5.91 Å². The molecule has 0 saturated carbocycles. The normalized spacial score (nSPS) is 14.8. The van der Waals surface area contributed by atoms with Crippen LogP contribution in [0.5, 0.6) is 0 Å². The lowest BCUT2D eigenvalue weighted by molar-refractivity contribution is -0.132. The van der Waals surface area contributed by atoms with Crippen LogP contribution in [0, 0.1) is 0 Å². The summed E-state index contributed by atoms with van der Waals surface area (Å²) < 4.78 is 2.07. The van der Waals surface area contributed by atoms with Gasteiger partial charge in [0.25, 0.3) is 0 Å². The van der Waals surface area contributed by atoms with Gasteiger partial charge in [-0.15, -0.1) is 24.8 Å². The number of nitrogens with two attached hydrogens (primary N) is 1. The van der Waals surface area contributed by atoms with Crippen LogP contribution >= 0.6 is 36.4 Å². The topological polar surface area (TPSA) is 66.9 Å². The Labute approximate surface area is 187 Å². The highest BCUT2D eigenvalue weighted by Gasteiger charge is 2.26. The average molecular weight is 457 g/mol. The number of imidazole rings is 1. The molecule has 0 radical (unpaired) electrons. The first kappa shape index (κ1) is 23.3. The van der Waals surface area contributed by atoms with E-state index in [-0.39, 0.29) is 30.7 Å². The lowest BCUT2D eigenvalue weighted by atomic mass is 10.1. The highest BCUT2D eigenvalue weighted by molar-refractivity contribution is 6.30. The summed E-state index contributed by atoms with van der Waals surface area (Å²) in [6.45, 7) is 2.85. The maximum Gasteiger partial charge on any atom is 0.239 e. The molecule has 1 aliphatic heterocycles. The molecular weight excluding hydrogens is 433 g/mol. The van der Waals surface area contributed by atoms with Crippen LogP contribution in [0.25, 0.3) is 5.65 Å². The molecule has 3 heterocycles. The van der Waals surface area contributed by atoms with E-state index in [2.05, 4.69) is 14.3 Å². The predicted molar refractivity (Wildman–Crippen MR) is 122 cm³/mol.